The van der Waals surface area contributed by atoms with Gasteiger partial charge in [-0.05, 0) is 64.1 Å². The van der Waals surface area contributed by atoms with Gasteiger partial charge in [-0.15, -0.1) is 0 Å². The van der Waals surface area contributed by atoms with E-state index in [1.807, 2.05) is 19.1 Å². The first-order valence-corrected chi connectivity index (χ1v) is 9.07. The molecule has 3 aromatic rings. The van der Waals surface area contributed by atoms with Gasteiger partial charge in [-0.1, -0.05) is 80.1 Å². The summed E-state index contributed by atoms with van der Waals surface area (Å²) < 4.78 is 0. The van der Waals surface area contributed by atoms with E-state index in [4.69, 9.17) is 11.6 Å². The fraction of sp³-hybridized carbons (Fsp3) is 0.167. The molecule has 1 aliphatic rings. The number of fused-ring (bicyclic) bond motifs is 3. The highest BCUT2D eigenvalue weighted by atomic mass is 35.5. The van der Waals surface area contributed by atoms with Crippen LogP contribution in [0, 0.1) is 0 Å². The Labute approximate surface area is 154 Å². The average Bonchev–Trinajstić information content (AvgIpc) is 2.83. The van der Waals surface area contributed by atoms with E-state index in [9.17, 15) is 0 Å². The highest BCUT2D eigenvalue weighted by Crippen LogP contribution is 2.49. The molecule has 0 aliphatic heterocycles. The summed E-state index contributed by atoms with van der Waals surface area (Å²) >= 11 is 6.21. The molecule has 0 atom stereocenters. The first-order valence-electron chi connectivity index (χ1n) is 8.69. The van der Waals surface area contributed by atoms with Crippen LogP contribution in [0.25, 0.3) is 28.3 Å². The second-order valence-electron chi connectivity index (χ2n) is 7.16. The zero-order valence-corrected chi connectivity index (χ0v) is 15.6. The van der Waals surface area contributed by atoms with Crippen molar-refractivity contribution in [2.75, 3.05) is 0 Å². The van der Waals surface area contributed by atoms with Gasteiger partial charge in [-0.3, -0.25) is 0 Å². The first-order chi connectivity index (χ1) is 12.0. The molecule has 4 rings (SSSR count). The van der Waals surface area contributed by atoms with Crippen LogP contribution in [0.3, 0.4) is 0 Å². The Morgan fingerprint density at radius 3 is 2.32 bits per heavy atom. The third-order valence-corrected chi connectivity index (χ3v) is 5.49. The standard InChI is InChI=1S/C24H21Cl/c1-4-7-16-14-18(25)11-13-19(16)17-10-12-21-20-8-5-6-9-22(20)24(2,3)23(21)15-17/h4-15H,1-3H3/b7-4+. The van der Waals surface area contributed by atoms with Crippen molar-refractivity contribution in [3.05, 3.63) is 88.5 Å². The second kappa shape index (κ2) is 5.89. The normalized spacial score (nSPS) is 14.6. The van der Waals surface area contributed by atoms with Gasteiger partial charge >= 0.3 is 0 Å². The van der Waals surface area contributed by atoms with Crippen LogP contribution < -0.4 is 0 Å². The highest BCUT2D eigenvalue weighted by Gasteiger charge is 2.35. The Bertz CT molecular complexity index is 993. The molecule has 25 heavy (non-hydrogen) atoms. The van der Waals surface area contributed by atoms with E-state index < -0.39 is 0 Å². The minimum Gasteiger partial charge on any atom is -0.0870 e. The molecule has 3 aromatic carbocycles. The van der Waals surface area contributed by atoms with E-state index in [2.05, 4.69) is 74.5 Å². The summed E-state index contributed by atoms with van der Waals surface area (Å²) in [6.07, 6.45) is 4.18. The summed E-state index contributed by atoms with van der Waals surface area (Å²) in [6, 6.07) is 21.7. The molecular weight excluding hydrogens is 324 g/mol. The summed E-state index contributed by atoms with van der Waals surface area (Å²) in [4.78, 5) is 0. The lowest BCUT2D eigenvalue weighted by Gasteiger charge is -2.22. The number of halogens is 1. The van der Waals surface area contributed by atoms with Crippen LogP contribution in [0.1, 0.15) is 37.5 Å². The fourth-order valence-corrected chi connectivity index (χ4v) is 4.17. The Hall–Kier alpha value is -2.31. The molecule has 0 bridgehead atoms. The third-order valence-electron chi connectivity index (χ3n) is 5.25. The highest BCUT2D eigenvalue weighted by molar-refractivity contribution is 6.30. The molecule has 1 aliphatic carbocycles. The van der Waals surface area contributed by atoms with Gasteiger partial charge in [-0.2, -0.15) is 0 Å². The van der Waals surface area contributed by atoms with Gasteiger partial charge in [0.25, 0.3) is 0 Å². The lowest BCUT2D eigenvalue weighted by atomic mass is 9.81. The summed E-state index contributed by atoms with van der Waals surface area (Å²) in [6.45, 7) is 6.67. The van der Waals surface area contributed by atoms with Crippen molar-refractivity contribution in [3.63, 3.8) is 0 Å². The fourth-order valence-electron chi connectivity index (χ4n) is 3.99. The molecule has 0 N–H and O–H groups in total. The molecule has 0 radical (unpaired) electrons. The van der Waals surface area contributed by atoms with E-state index in [-0.39, 0.29) is 5.41 Å². The van der Waals surface area contributed by atoms with Crippen LogP contribution >= 0.6 is 11.6 Å². The van der Waals surface area contributed by atoms with Crippen molar-refractivity contribution in [2.45, 2.75) is 26.2 Å². The maximum Gasteiger partial charge on any atom is 0.0412 e. The second-order valence-corrected chi connectivity index (χ2v) is 7.60. The van der Waals surface area contributed by atoms with Crippen LogP contribution in [0.4, 0.5) is 0 Å². The van der Waals surface area contributed by atoms with Crippen LogP contribution in [0.2, 0.25) is 5.02 Å². The summed E-state index contributed by atoms with van der Waals surface area (Å²) in [5, 5.41) is 0.769. The largest absolute Gasteiger partial charge is 0.0870 e. The number of benzene rings is 3. The Balaban J connectivity index is 1.92. The van der Waals surface area contributed by atoms with E-state index in [1.165, 1.54) is 33.4 Å². The molecule has 0 nitrogen and oxygen atoms in total. The van der Waals surface area contributed by atoms with E-state index in [1.54, 1.807) is 0 Å². The zero-order valence-electron chi connectivity index (χ0n) is 14.8. The predicted octanol–water partition coefficient (Wildman–Crippen LogP) is 7.35. The predicted molar refractivity (Wildman–Crippen MR) is 109 cm³/mol. The number of rotatable bonds is 2. The number of hydrogen-bond acceptors (Lipinski definition) is 0. The maximum atomic E-state index is 6.21. The Morgan fingerprint density at radius 1 is 0.800 bits per heavy atom. The van der Waals surface area contributed by atoms with Crippen molar-refractivity contribution in [1.82, 2.24) is 0 Å². The molecule has 0 saturated carbocycles. The van der Waals surface area contributed by atoms with Gasteiger partial charge in [0.1, 0.15) is 0 Å². The van der Waals surface area contributed by atoms with Crippen molar-refractivity contribution in [3.8, 4) is 22.3 Å². The lowest BCUT2D eigenvalue weighted by molar-refractivity contribution is 0.660. The topological polar surface area (TPSA) is 0 Å². The summed E-state index contributed by atoms with van der Waals surface area (Å²) in [5.74, 6) is 0. The molecule has 0 spiro atoms. The van der Waals surface area contributed by atoms with Crippen LogP contribution in [0.15, 0.2) is 66.7 Å². The van der Waals surface area contributed by atoms with Gasteiger partial charge in [0.05, 0.1) is 0 Å². The van der Waals surface area contributed by atoms with E-state index >= 15 is 0 Å². The van der Waals surface area contributed by atoms with Crippen LogP contribution in [-0.2, 0) is 5.41 Å². The maximum absolute atomic E-state index is 6.21. The molecule has 1 heteroatoms. The summed E-state index contributed by atoms with van der Waals surface area (Å²) in [7, 11) is 0. The molecule has 0 aromatic heterocycles. The van der Waals surface area contributed by atoms with Gasteiger partial charge in [0.2, 0.25) is 0 Å². The van der Waals surface area contributed by atoms with Crippen molar-refractivity contribution >= 4 is 17.7 Å². The van der Waals surface area contributed by atoms with Crippen LogP contribution in [0.5, 0.6) is 0 Å². The number of hydrogen-bond donors (Lipinski definition) is 0. The van der Waals surface area contributed by atoms with Crippen LogP contribution in [-0.4, -0.2) is 0 Å². The average molecular weight is 345 g/mol. The number of allylic oxidation sites excluding steroid dienone is 1. The molecule has 0 saturated heterocycles. The quantitative estimate of drug-likeness (QED) is 0.456. The third kappa shape index (κ3) is 2.53. The minimum atomic E-state index is 0.0229. The van der Waals surface area contributed by atoms with Crippen molar-refractivity contribution in [2.24, 2.45) is 0 Å². The lowest BCUT2D eigenvalue weighted by Crippen LogP contribution is -2.14. The Morgan fingerprint density at radius 2 is 1.52 bits per heavy atom. The molecule has 0 fully saturated rings. The Kier molecular flexibility index (Phi) is 3.81. The van der Waals surface area contributed by atoms with Gasteiger partial charge in [0.15, 0.2) is 0 Å². The van der Waals surface area contributed by atoms with Crippen molar-refractivity contribution < 1.29 is 0 Å². The molecular formula is C24H21Cl. The van der Waals surface area contributed by atoms with Crippen molar-refractivity contribution in [1.29, 1.82) is 0 Å². The molecule has 124 valence electrons. The molecule has 0 unspecified atom stereocenters. The smallest absolute Gasteiger partial charge is 0.0412 e. The van der Waals surface area contributed by atoms with E-state index in [0.29, 0.717) is 0 Å². The minimum absolute atomic E-state index is 0.0229. The van der Waals surface area contributed by atoms with Gasteiger partial charge < -0.3 is 0 Å². The zero-order chi connectivity index (χ0) is 17.6. The SMILES string of the molecule is C/C=C/c1cc(Cl)ccc1-c1ccc2c(c1)C(C)(C)c1ccccc1-2. The van der Waals surface area contributed by atoms with Gasteiger partial charge in [0, 0.05) is 10.4 Å². The monoisotopic (exact) mass is 344 g/mol. The molecule has 0 heterocycles. The summed E-state index contributed by atoms with van der Waals surface area (Å²) in [5.41, 5.74) is 9.16. The van der Waals surface area contributed by atoms with E-state index in [0.717, 1.165) is 10.6 Å². The molecule has 0 amide bonds. The van der Waals surface area contributed by atoms with Gasteiger partial charge in [-0.25, -0.2) is 0 Å². The first kappa shape index (κ1) is 16.2.